The first-order valence-corrected chi connectivity index (χ1v) is 5.20. The van der Waals surface area contributed by atoms with Crippen molar-refractivity contribution in [2.75, 3.05) is 26.2 Å². The molecule has 0 unspecified atom stereocenters. The van der Waals surface area contributed by atoms with Gasteiger partial charge in [-0.15, -0.1) is 0 Å². The number of aliphatic hydroxyl groups excluding tert-OH is 1. The van der Waals surface area contributed by atoms with Crippen molar-refractivity contribution in [3.05, 3.63) is 0 Å². The highest BCUT2D eigenvalue weighted by Crippen LogP contribution is 2.12. The van der Waals surface area contributed by atoms with E-state index in [0.717, 1.165) is 19.6 Å². The lowest BCUT2D eigenvalue weighted by molar-refractivity contribution is -0.137. The number of aliphatic hydroxyl groups is 1. The van der Waals surface area contributed by atoms with Crippen LogP contribution in [0.5, 0.6) is 0 Å². The van der Waals surface area contributed by atoms with E-state index in [0.29, 0.717) is 12.1 Å². The van der Waals surface area contributed by atoms with Gasteiger partial charge in [0.05, 0.1) is 0 Å². The Balaban J connectivity index is 2.50. The van der Waals surface area contributed by atoms with Crippen LogP contribution < -0.4 is 0 Å². The normalized spacial score (nSPS) is 24.4. The second kappa shape index (κ2) is 4.75. The molecule has 0 aromatic heterocycles. The van der Waals surface area contributed by atoms with Crippen molar-refractivity contribution < 1.29 is 9.90 Å². The molecule has 14 heavy (non-hydrogen) atoms. The first-order valence-electron chi connectivity index (χ1n) is 5.20. The minimum absolute atomic E-state index is 0.153. The summed E-state index contributed by atoms with van der Waals surface area (Å²) in [5.41, 5.74) is 0. The van der Waals surface area contributed by atoms with Crippen molar-refractivity contribution in [2.45, 2.75) is 32.9 Å². The smallest absolute Gasteiger partial charge is 0.248 e. The predicted molar refractivity (Wildman–Crippen MR) is 55.0 cm³/mol. The van der Waals surface area contributed by atoms with Crippen LogP contribution in [0.25, 0.3) is 0 Å². The molecule has 1 heterocycles. The van der Waals surface area contributed by atoms with E-state index < -0.39 is 0 Å². The standard InChI is InChI=1S/C10H20N2O2/c1-8(2)12-5-4-11(6-9(12)3)10(14)7-13/h8-9,13H,4-7H2,1-3H3/t9-/m0/s1. The van der Waals surface area contributed by atoms with Gasteiger partial charge in [-0.2, -0.15) is 0 Å². The Bertz CT molecular complexity index is 206. The Morgan fingerprint density at radius 2 is 2.14 bits per heavy atom. The quantitative estimate of drug-likeness (QED) is 0.678. The largest absolute Gasteiger partial charge is 0.387 e. The third kappa shape index (κ3) is 2.45. The lowest BCUT2D eigenvalue weighted by Gasteiger charge is -2.41. The van der Waals surface area contributed by atoms with E-state index >= 15 is 0 Å². The number of hydrogen-bond donors (Lipinski definition) is 1. The number of carbonyl (C=O) groups excluding carboxylic acids is 1. The summed E-state index contributed by atoms with van der Waals surface area (Å²) in [7, 11) is 0. The van der Waals surface area contributed by atoms with Crippen LogP contribution in [0, 0.1) is 0 Å². The number of piperazine rings is 1. The lowest BCUT2D eigenvalue weighted by atomic mass is 10.1. The van der Waals surface area contributed by atoms with Crippen LogP contribution in [0.2, 0.25) is 0 Å². The van der Waals surface area contributed by atoms with Crippen LogP contribution in [0.3, 0.4) is 0 Å². The van der Waals surface area contributed by atoms with Gasteiger partial charge in [0, 0.05) is 31.7 Å². The second-order valence-corrected chi connectivity index (χ2v) is 4.18. The van der Waals surface area contributed by atoms with E-state index in [1.165, 1.54) is 0 Å². The van der Waals surface area contributed by atoms with Crippen molar-refractivity contribution in [1.82, 2.24) is 9.80 Å². The maximum Gasteiger partial charge on any atom is 0.248 e. The first-order chi connectivity index (χ1) is 6.56. The molecule has 1 fully saturated rings. The lowest BCUT2D eigenvalue weighted by Crippen LogP contribution is -2.56. The minimum Gasteiger partial charge on any atom is -0.387 e. The van der Waals surface area contributed by atoms with Gasteiger partial charge in [-0.1, -0.05) is 0 Å². The highest BCUT2D eigenvalue weighted by Gasteiger charge is 2.27. The number of hydrogen-bond acceptors (Lipinski definition) is 3. The summed E-state index contributed by atoms with van der Waals surface area (Å²) in [5.74, 6) is -0.153. The zero-order valence-corrected chi connectivity index (χ0v) is 9.23. The van der Waals surface area contributed by atoms with Crippen molar-refractivity contribution in [3.63, 3.8) is 0 Å². The summed E-state index contributed by atoms with van der Waals surface area (Å²) in [6.45, 7) is 8.47. The average molecular weight is 200 g/mol. The molecule has 1 atom stereocenters. The van der Waals surface area contributed by atoms with Crippen molar-refractivity contribution in [3.8, 4) is 0 Å². The third-order valence-corrected chi connectivity index (χ3v) is 2.83. The number of rotatable bonds is 2. The van der Waals surface area contributed by atoms with Gasteiger partial charge in [0.1, 0.15) is 6.61 Å². The maximum absolute atomic E-state index is 11.2. The van der Waals surface area contributed by atoms with Gasteiger partial charge in [-0.05, 0) is 20.8 Å². The molecule has 0 saturated carbocycles. The van der Waals surface area contributed by atoms with Crippen molar-refractivity contribution in [1.29, 1.82) is 0 Å². The van der Waals surface area contributed by atoms with Crippen LogP contribution in [0.1, 0.15) is 20.8 Å². The van der Waals surface area contributed by atoms with E-state index in [1.54, 1.807) is 4.90 Å². The van der Waals surface area contributed by atoms with Crippen LogP contribution >= 0.6 is 0 Å². The molecule has 1 N–H and O–H groups in total. The van der Waals surface area contributed by atoms with Gasteiger partial charge in [-0.25, -0.2) is 0 Å². The molecule has 4 nitrogen and oxygen atoms in total. The summed E-state index contributed by atoms with van der Waals surface area (Å²) < 4.78 is 0. The zero-order valence-electron chi connectivity index (χ0n) is 9.23. The fraction of sp³-hybridized carbons (Fsp3) is 0.900. The third-order valence-electron chi connectivity index (χ3n) is 2.83. The minimum atomic E-state index is -0.367. The van der Waals surface area contributed by atoms with Gasteiger partial charge in [0.25, 0.3) is 0 Å². The van der Waals surface area contributed by atoms with Crippen LogP contribution in [0.4, 0.5) is 0 Å². The average Bonchev–Trinajstić information content (AvgIpc) is 2.15. The van der Waals surface area contributed by atoms with Crippen LogP contribution in [-0.2, 0) is 4.79 Å². The Labute approximate surface area is 85.5 Å². The predicted octanol–water partition coefficient (Wildman–Crippen LogP) is -0.0802. The molecule has 0 aromatic carbocycles. The Morgan fingerprint density at radius 1 is 1.50 bits per heavy atom. The molecule has 1 rings (SSSR count). The number of carbonyl (C=O) groups is 1. The van der Waals surface area contributed by atoms with Crippen LogP contribution in [0.15, 0.2) is 0 Å². The summed E-state index contributed by atoms with van der Waals surface area (Å²) >= 11 is 0. The molecule has 1 aliphatic heterocycles. The number of amides is 1. The molecular formula is C10H20N2O2. The van der Waals surface area contributed by atoms with Gasteiger partial charge in [-0.3, -0.25) is 9.69 Å². The van der Waals surface area contributed by atoms with Gasteiger partial charge < -0.3 is 10.0 Å². The van der Waals surface area contributed by atoms with Gasteiger partial charge in [0.2, 0.25) is 5.91 Å². The molecule has 4 heteroatoms. The van der Waals surface area contributed by atoms with Crippen molar-refractivity contribution >= 4 is 5.91 Å². The fourth-order valence-corrected chi connectivity index (χ4v) is 2.07. The van der Waals surface area contributed by atoms with Gasteiger partial charge in [0.15, 0.2) is 0 Å². The van der Waals surface area contributed by atoms with Crippen molar-refractivity contribution in [2.24, 2.45) is 0 Å². The maximum atomic E-state index is 11.2. The Morgan fingerprint density at radius 3 is 2.57 bits per heavy atom. The molecule has 0 bridgehead atoms. The molecule has 0 aliphatic carbocycles. The fourth-order valence-electron chi connectivity index (χ4n) is 2.07. The molecule has 1 aliphatic rings. The summed E-state index contributed by atoms with van der Waals surface area (Å²) in [5, 5.41) is 8.74. The summed E-state index contributed by atoms with van der Waals surface area (Å²) in [4.78, 5) is 15.4. The number of nitrogens with zero attached hydrogens (tertiary/aromatic N) is 2. The molecule has 82 valence electrons. The first kappa shape index (κ1) is 11.5. The zero-order chi connectivity index (χ0) is 10.7. The Kier molecular flexibility index (Phi) is 3.89. The molecular weight excluding hydrogens is 180 g/mol. The highest BCUT2D eigenvalue weighted by molar-refractivity contribution is 5.77. The monoisotopic (exact) mass is 200 g/mol. The van der Waals surface area contributed by atoms with Crippen LogP contribution in [-0.4, -0.2) is 59.1 Å². The highest BCUT2D eigenvalue weighted by atomic mass is 16.3. The SMILES string of the molecule is CC(C)N1CCN(C(=O)CO)C[C@@H]1C. The topological polar surface area (TPSA) is 43.8 Å². The molecule has 1 amide bonds. The van der Waals surface area contributed by atoms with E-state index in [-0.39, 0.29) is 12.5 Å². The Hall–Kier alpha value is -0.610. The second-order valence-electron chi connectivity index (χ2n) is 4.18. The van der Waals surface area contributed by atoms with E-state index in [4.69, 9.17) is 5.11 Å². The van der Waals surface area contributed by atoms with E-state index in [9.17, 15) is 4.79 Å². The van der Waals surface area contributed by atoms with Gasteiger partial charge >= 0.3 is 0 Å². The molecule has 0 aromatic rings. The summed E-state index contributed by atoms with van der Waals surface area (Å²) in [6.07, 6.45) is 0. The van der Waals surface area contributed by atoms with E-state index in [2.05, 4.69) is 25.7 Å². The molecule has 0 radical (unpaired) electrons. The molecule has 1 saturated heterocycles. The van der Waals surface area contributed by atoms with E-state index in [1.807, 2.05) is 0 Å². The molecule has 0 spiro atoms. The summed E-state index contributed by atoms with van der Waals surface area (Å²) in [6, 6.07) is 0.913.